The second-order valence-corrected chi connectivity index (χ2v) is 4.32. The molecule has 0 spiro atoms. The molecule has 1 N–H and O–H groups in total. The van der Waals surface area contributed by atoms with Crippen molar-refractivity contribution in [1.29, 1.82) is 0 Å². The number of nitrogens with zero attached hydrogens (tertiary/aromatic N) is 1. The van der Waals surface area contributed by atoms with Crippen LogP contribution in [0.25, 0.3) is 0 Å². The molecule has 0 rings (SSSR count). The Hall–Kier alpha value is -0.980. The van der Waals surface area contributed by atoms with E-state index in [0.29, 0.717) is 25.9 Å². The van der Waals surface area contributed by atoms with Crippen LogP contribution in [0.3, 0.4) is 0 Å². The van der Waals surface area contributed by atoms with Gasteiger partial charge in [0.1, 0.15) is 12.9 Å². The van der Waals surface area contributed by atoms with Crippen molar-refractivity contribution >= 4 is 12.3 Å². The number of hydroxylamine groups is 2. The Balaban J connectivity index is 3.66. The fourth-order valence-electron chi connectivity index (χ4n) is 1.10. The van der Waals surface area contributed by atoms with Crippen LogP contribution in [0, 0.1) is 0 Å². The van der Waals surface area contributed by atoms with Crippen LogP contribution in [0.2, 0.25) is 0 Å². The third-order valence-corrected chi connectivity index (χ3v) is 2.20. The number of ether oxygens (including phenoxy) is 1. The van der Waals surface area contributed by atoms with Crippen molar-refractivity contribution < 1.29 is 24.3 Å². The summed E-state index contributed by atoms with van der Waals surface area (Å²) in [5, 5.41) is 9.97. The first kappa shape index (κ1) is 16.0. The molecule has 0 unspecified atom stereocenters. The van der Waals surface area contributed by atoms with Crippen LogP contribution in [0.4, 0.5) is 0 Å². The number of carbonyl (C=O) groups is 2. The molecule has 0 radical (unpaired) electrons. The second kappa shape index (κ2) is 8.16. The predicted molar refractivity (Wildman–Crippen MR) is 61.5 cm³/mol. The molecular weight excluding hydrogens is 226 g/mol. The largest absolute Gasteiger partial charge is 0.481 e. The number of aldehydes is 1. The van der Waals surface area contributed by atoms with Gasteiger partial charge in [0, 0.05) is 20.0 Å². The Labute approximate surface area is 101 Å². The highest BCUT2D eigenvalue weighted by Gasteiger charge is 2.18. The van der Waals surface area contributed by atoms with Gasteiger partial charge in [0.2, 0.25) is 0 Å². The fourth-order valence-corrected chi connectivity index (χ4v) is 1.10. The van der Waals surface area contributed by atoms with Crippen LogP contribution < -0.4 is 0 Å². The van der Waals surface area contributed by atoms with E-state index < -0.39 is 11.6 Å². The molecule has 0 aliphatic carbocycles. The molecule has 0 aliphatic rings. The summed E-state index contributed by atoms with van der Waals surface area (Å²) < 4.78 is 5.30. The second-order valence-electron chi connectivity index (χ2n) is 4.32. The topological polar surface area (TPSA) is 76.1 Å². The van der Waals surface area contributed by atoms with E-state index in [2.05, 4.69) is 0 Å². The van der Waals surface area contributed by atoms with Crippen LogP contribution in [0.5, 0.6) is 0 Å². The molecule has 0 aromatic rings. The highest BCUT2D eigenvalue weighted by atomic mass is 16.7. The number of rotatable bonds is 10. The van der Waals surface area contributed by atoms with Gasteiger partial charge in [0.15, 0.2) is 0 Å². The molecule has 0 aliphatic heterocycles. The van der Waals surface area contributed by atoms with Gasteiger partial charge in [-0.15, -0.1) is 0 Å². The molecule has 0 heterocycles. The number of carboxylic acids is 1. The van der Waals surface area contributed by atoms with Crippen molar-refractivity contribution in [1.82, 2.24) is 5.06 Å². The Morgan fingerprint density at radius 3 is 2.65 bits per heavy atom. The number of carbonyl (C=O) groups excluding carboxylic acids is 1. The Kier molecular flexibility index (Phi) is 7.69. The maximum atomic E-state index is 10.3. The van der Waals surface area contributed by atoms with E-state index in [1.54, 1.807) is 7.05 Å². The molecule has 0 aromatic heterocycles. The van der Waals surface area contributed by atoms with Gasteiger partial charge in [-0.3, -0.25) is 9.63 Å². The van der Waals surface area contributed by atoms with Gasteiger partial charge < -0.3 is 14.6 Å². The third-order valence-electron chi connectivity index (χ3n) is 2.20. The summed E-state index contributed by atoms with van der Waals surface area (Å²) in [5.41, 5.74) is -0.422. The van der Waals surface area contributed by atoms with Gasteiger partial charge in [0.05, 0.1) is 18.6 Å². The summed E-state index contributed by atoms with van der Waals surface area (Å²) in [4.78, 5) is 25.8. The SMILES string of the molecule is CN(CCC(=O)O)OCCC(C)(C)OCC=O. The summed E-state index contributed by atoms with van der Waals surface area (Å²) in [6.45, 7) is 4.57. The number of carboxylic acid groups (broad SMARTS) is 1. The normalized spacial score (nSPS) is 11.8. The Morgan fingerprint density at radius 1 is 1.47 bits per heavy atom. The number of hydrogen-bond acceptors (Lipinski definition) is 5. The highest BCUT2D eigenvalue weighted by molar-refractivity contribution is 5.66. The van der Waals surface area contributed by atoms with E-state index in [4.69, 9.17) is 14.7 Å². The minimum Gasteiger partial charge on any atom is -0.481 e. The van der Waals surface area contributed by atoms with E-state index in [1.165, 1.54) is 5.06 Å². The quantitative estimate of drug-likeness (QED) is 0.452. The molecule has 0 atom stereocenters. The molecule has 6 nitrogen and oxygen atoms in total. The monoisotopic (exact) mass is 247 g/mol. The molecule has 0 saturated carbocycles. The fraction of sp³-hybridized carbons (Fsp3) is 0.818. The minimum absolute atomic E-state index is 0.0432. The van der Waals surface area contributed by atoms with Crippen LogP contribution >= 0.6 is 0 Å². The van der Waals surface area contributed by atoms with Crippen molar-refractivity contribution in [3.05, 3.63) is 0 Å². The molecule has 0 saturated heterocycles. The van der Waals surface area contributed by atoms with E-state index in [9.17, 15) is 9.59 Å². The van der Waals surface area contributed by atoms with Gasteiger partial charge in [-0.2, -0.15) is 5.06 Å². The summed E-state index contributed by atoms with van der Waals surface area (Å²) in [6, 6.07) is 0. The zero-order valence-electron chi connectivity index (χ0n) is 10.6. The van der Waals surface area contributed by atoms with E-state index >= 15 is 0 Å². The summed E-state index contributed by atoms with van der Waals surface area (Å²) in [7, 11) is 1.68. The van der Waals surface area contributed by atoms with Gasteiger partial charge in [0.25, 0.3) is 0 Å². The first-order valence-electron chi connectivity index (χ1n) is 5.51. The Morgan fingerprint density at radius 2 is 2.12 bits per heavy atom. The van der Waals surface area contributed by atoms with Gasteiger partial charge >= 0.3 is 5.97 Å². The zero-order chi connectivity index (χ0) is 13.3. The molecule has 6 heteroatoms. The van der Waals surface area contributed by atoms with E-state index in [-0.39, 0.29) is 13.0 Å². The van der Waals surface area contributed by atoms with Crippen LogP contribution in [0.15, 0.2) is 0 Å². The smallest absolute Gasteiger partial charge is 0.304 e. The highest BCUT2D eigenvalue weighted by Crippen LogP contribution is 2.13. The third kappa shape index (κ3) is 9.92. The van der Waals surface area contributed by atoms with E-state index in [1.807, 2.05) is 13.8 Å². The number of aliphatic carboxylic acids is 1. The van der Waals surface area contributed by atoms with Gasteiger partial charge in [-0.1, -0.05) is 0 Å². The van der Waals surface area contributed by atoms with Crippen molar-refractivity contribution in [3.8, 4) is 0 Å². The average Bonchev–Trinajstić information content (AvgIpc) is 2.23. The van der Waals surface area contributed by atoms with Gasteiger partial charge in [-0.05, 0) is 13.8 Å². The van der Waals surface area contributed by atoms with Crippen LogP contribution in [-0.4, -0.2) is 54.8 Å². The lowest BCUT2D eigenvalue weighted by Crippen LogP contribution is -2.30. The molecule has 100 valence electrons. The zero-order valence-corrected chi connectivity index (χ0v) is 10.6. The van der Waals surface area contributed by atoms with Crippen molar-refractivity contribution in [2.45, 2.75) is 32.3 Å². The lowest BCUT2D eigenvalue weighted by molar-refractivity contribution is -0.162. The predicted octanol–water partition coefficient (Wildman–Crippen LogP) is 0.709. The molecule has 0 amide bonds. The van der Waals surface area contributed by atoms with E-state index in [0.717, 1.165) is 0 Å². The Bertz CT molecular complexity index is 242. The van der Waals surface area contributed by atoms with Crippen LogP contribution in [0.1, 0.15) is 26.7 Å². The molecule has 17 heavy (non-hydrogen) atoms. The van der Waals surface area contributed by atoms with Crippen molar-refractivity contribution in [2.24, 2.45) is 0 Å². The standard InChI is InChI=1S/C11H21NO5/c1-11(2,16-9-7-13)5-8-17-12(3)6-4-10(14)15/h7H,4-6,8-9H2,1-3H3,(H,14,15). The maximum absolute atomic E-state index is 10.3. The number of hydrogen-bond donors (Lipinski definition) is 1. The first-order valence-corrected chi connectivity index (χ1v) is 5.51. The lowest BCUT2D eigenvalue weighted by Gasteiger charge is -2.25. The average molecular weight is 247 g/mol. The summed E-state index contributed by atoms with van der Waals surface area (Å²) >= 11 is 0. The van der Waals surface area contributed by atoms with Crippen molar-refractivity contribution in [2.75, 3.05) is 26.8 Å². The first-order chi connectivity index (χ1) is 7.87. The minimum atomic E-state index is -0.852. The van der Waals surface area contributed by atoms with Crippen molar-refractivity contribution in [3.63, 3.8) is 0 Å². The molecular formula is C11H21NO5. The van der Waals surface area contributed by atoms with Crippen LogP contribution in [-0.2, 0) is 19.2 Å². The van der Waals surface area contributed by atoms with Gasteiger partial charge in [-0.25, -0.2) is 0 Å². The molecule has 0 aromatic carbocycles. The molecule has 0 bridgehead atoms. The summed E-state index contributed by atoms with van der Waals surface area (Å²) in [5.74, 6) is -0.852. The molecule has 0 fully saturated rings. The lowest BCUT2D eigenvalue weighted by atomic mass is 10.1. The maximum Gasteiger partial charge on any atom is 0.304 e. The summed E-state index contributed by atoms with van der Waals surface area (Å²) in [6.07, 6.45) is 1.38.